The summed E-state index contributed by atoms with van der Waals surface area (Å²) in [4.78, 5) is 11.2. The molecule has 0 atom stereocenters. The molecule has 0 aromatic heterocycles. The van der Waals surface area contributed by atoms with Crippen molar-refractivity contribution in [1.82, 2.24) is 5.32 Å². The van der Waals surface area contributed by atoms with Crippen LogP contribution in [-0.2, 0) is 4.74 Å². The highest BCUT2D eigenvalue weighted by atomic mass is 16.5. The Balaban J connectivity index is 2.31. The molecule has 0 saturated heterocycles. The highest BCUT2D eigenvalue weighted by molar-refractivity contribution is 5.67. The van der Waals surface area contributed by atoms with Gasteiger partial charge in [0.1, 0.15) is 6.61 Å². The SMILES string of the molecule is C=CCOC(=O)NCC1(O)CCC(C)(C)CC1. The lowest BCUT2D eigenvalue weighted by Gasteiger charge is -2.40. The van der Waals surface area contributed by atoms with Gasteiger partial charge in [0.2, 0.25) is 0 Å². The molecule has 1 fully saturated rings. The smallest absolute Gasteiger partial charge is 0.407 e. The van der Waals surface area contributed by atoms with Gasteiger partial charge in [0, 0.05) is 6.54 Å². The van der Waals surface area contributed by atoms with Crippen LogP contribution in [0.25, 0.3) is 0 Å². The third kappa shape index (κ3) is 4.77. The molecule has 1 aliphatic rings. The molecular formula is C13H23NO3. The fourth-order valence-corrected chi connectivity index (χ4v) is 1.99. The fourth-order valence-electron chi connectivity index (χ4n) is 1.99. The van der Waals surface area contributed by atoms with Crippen molar-refractivity contribution in [2.24, 2.45) is 5.41 Å². The summed E-state index contributed by atoms with van der Waals surface area (Å²) in [6, 6.07) is 0. The third-order valence-electron chi connectivity index (χ3n) is 3.43. The number of hydrogen-bond donors (Lipinski definition) is 2. The van der Waals surface area contributed by atoms with Crippen LogP contribution in [0.3, 0.4) is 0 Å². The van der Waals surface area contributed by atoms with E-state index < -0.39 is 11.7 Å². The van der Waals surface area contributed by atoms with E-state index in [4.69, 9.17) is 4.74 Å². The Hall–Kier alpha value is -1.03. The zero-order chi connectivity index (χ0) is 12.9. The first-order valence-corrected chi connectivity index (χ1v) is 6.11. The topological polar surface area (TPSA) is 58.6 Å². The molecule has 0 aromatic rings. The standard InChI is InChI=1S/C13H23NO3/c1-4-9-17-11(15)14-10-13(16)7-5-12(2,3)6-8-13/h4,16H,1,5-10H2,2-3H3,(H,14,15). The summed E-state index contributed by atoms with van der Waals surface area (Å²) >= 11 is 0. The summed E-state index contributed by atoms with van der Waals surface area (Å²) in [6.45, 7) is 8.33. The number of rotatable bonds is 4. The van der Waals surface area contributed by atoms with Crippen molar-refractivity contribution in [3.63, 3.8) is 0 Å². The Kier molecular flexibility index (Phi) is 4.57. The van der Waals surface area contributed by atoms with Crippen LogP contribution < -0.4 is 5.32 Å². The molecule has 98 valence electrons. The van der Waals surface area contributed by atoms with Crippen molar-refractivity contribution >= 4 is 6.09 Å². The van der Waals surface area contributed by atoms with Crippen LogP contribution >= 0.6 is 0 Å². The van der Waals surface area contributed by atoms with Gasteiger partial charge in [0.05, 0.1) is 5.60 Å². The third-order valence-corrected chi connectivity index (χ3v) is 3.43. The Bertz CT molecular complexity index is 276. The summed E-state index contributed by atoms with van der Waals surface area (Å²) in [5, 5.41) is 12.9. The van der Waals surface area contributed by atoms with Gasteiger partial charge in [-0.1, -0.05) is 26.5 Å². The second kappa shape index (κ2) is 5.54. The highest BCUT2D eigenvalue weighted by Crippen LogP contribution is 2.39. The molecule has 17 heavy (non-hydrogen) atoms. The van der Waals surface area contributed by atoms with E-state index in [1.165, 1.54) is 6.08 Å². The first-order chi connectivity index (χ1) is 7.87. The number of amides is 1. The Morgan fingerprint density at radius 2 is 2.00 bits per heavy atom. The summed E-state index contributed by atoms with van der Waals surface area (Å²) in [6.07, 6.45) is 4.42. The molecule has 0 radical (unpaired) electrons. The lowest BCUT2D eigenvalue weighted by Crippen LogP contribution is -2.46. The molecule has 0 aliphatic heterocycles. The molecule has 0 unspecified atom stereocenters. The Morgan fingerprint density at radius 3 is 2.53 bits per heavy atom. The number of nitrogens with one attached hydrogen (secondary N) is 1. The maximum absolute atomic E-state index is 11.2. The number of alkyl carbamates (subject to hydrolysis) is 1. The van der Waals surface area contributed by atoms with Gasteiger partial charge < -0.3 is 15.2 Å². The highest BCUT2D eigenvalue weighted by Gasteiger charge is 2.36. The van der Waals surface area contributed by atoms with E-state index in [1.807, 2.05) is 0 Å². The molecule has 4 nitrogen and oxygen atoms in total. The Morgan fingerprint density at radius 1 is 1.41 bits per heavy atom. The van der Waals surface area contributed by atoms with Crippen LogP contribution in [-0.4, -0.2) is 30.0 Å². The second-order valence-electron chi connectivity index (χ2n) is 5.63. The van der Waals surface area contributed by atoms with Gasteiger partial charge in [-0.15, -0.1) is 0 Å². The van der Waals surface area contributed by atoms with Crippen LogP contribution in [0.15, 0.2) is 12.7 Å². The van der Waals surface area contributed by atoms with Crippen molar-refractivity contribution in [1.29, 1.82) is 0 Å². The first kappa shape index (κ1) is 14.0. The molecule has 0 bridgehead atoms. The van der Waals surface area contributed by atoms with E-state index in [2.05, 4.69) is 25.7 Å². The maximum Gasteiger partial charge on any atom is 0.407 e. The van der Waals surface area contributed by atoms with Crippen molar-refractivity contribution in [2.75, 3.05) is 13.2 Å². The van der Waals surface area contributed by atoms with E-state index in [-0.39, 0.29) is 13.2 Å². The zero-order valence-electron chi connectivity index (χ0n) is 10.8. The molecule has 0 spiro atoms. The summed E-state index contributed by atoms with van der Waals surface area (Å²) in [5.41, 5.74) is -0.474. The summed E-state index contributed by atoms with van der Waals surface area (Å²) in [7, 11) is 0. The fraction of sp³-hybridized carbons (Fsp3) is 0.769. The van der Waals surface area contributed by atoms with Crippen LogP contribution in [0.1, 0.15) is 39.5 Å². The minimum Gasteiger partial charge on any atom is -0.445 e. The van der Waals surface area contributed by atoms with Crippen LogP contribution in [0.4, 0.5) is 4.79 Å². The second-order valence-corrected chi connectivity index (χ2v) is 5.63. The molecule has 0 heterocycles. The molecule has 1 aliphatic carbocycles. The molecule has 1 saturated carbocycles. The van der Waals surface area contributed by atoms with Gasteiger partial charge in [-0.3, -0.25) is 0 Å². The van der Waals surface area contributed by atoms with E-state index in [1.54, 1.807) is 0 Å². The maximum atomic E-state index is 11.2. The van der Waals surface area contributed by atoms with E-state index in [9.17, 15) is 9.90 Å². The van der Waals surface area contributed by atoms with Crippen LogP contribution in [0, 0.1) is 5.41 Å². The van der Waals surface area contributed by atoms with Gasteiger partial charge in [0.15, 0.2) is 0 Å². The number of hydrogen-bond acceptors (Lipinski definition) is 3. The molecule has 1 amide bonds. The van der Waals surface area contributed by atoms with Gasteiger partial charge in [-0.05, 0) is 31.1 Å². The van der Waals surface area contributed by atoms with Gasteiger partial charge in [-0.25, -0.2) is 4.79 Å². The molecular weight excluding hydrogens is 218 g/mol. The zero-order valence-corrected chi connectivity index (χ0v) is 10.8. The average Bonchev–Trinajstić information content (AvgIpc) is 2.29. The Labute approximate surface area is 103 Å². The molecule has 4 heteroatoms. The number of carbonyl (C=O) groups is 1. The molecule has 1 rings (SSSR count). The summed E-state index contributed by atoms with van der Waals surface area (Å²) in [5.74, 6) is 0. The van der Waals surface area contributed by atoms with E-state index >= 15 is 0 Å². The quantitative estimate of drug-likeness (QED) is 0.742. The van der Waals surface area contributed by atoms with Crippen molar-refractivity contribution in [3.05, 3.63) is 12.7 Å². The number of carbonyl (C=O) groups excluding carboxylic acids is 1. The van der Waals surface area contributed by atoms with Crippen molar-refractivity contribution in [2.45, 2.75) is 45.1 Å². The molecule has 0 aromatic carbocycles. The molecule has 2 N–H and O–H groups in total. The minimum absolute atomic E-state index is 0.192. The predicted octanol–water partition coefficient (Wildman–Crippen LogP) is 2.23. The van der Waals surface area contributed by atoms with E-state index in [0.717, 1.165) is 25.7 Å². The average molecular weight is 241 g/mol. The van der Waals surface area contributed by atoms with E-state index in [0.29, 0.717) is 5.41 Å². The van der Waals surface area contributed by atoms with Gasteiger partial charge in [0.25, 0.3) is 0 Å². The minimum atomic E-state index is -0.775. The first-order valence-electron chi connectivity index (χ1n) is 6.11. The predicted molar refractivity (Wildman–Crippen MR) is 66.7 cm³/mol. The monoisotopic (exact) mass is 241 g/mol. The van der Waals surface area contributed by atoms with Crippen LogP contribution in [0.5, 0.6) is 0 Å². The largest absolute Gasteiger partial charge is 0.445 e. The van der Waals surface area contributed by atoms with Crippen LogP contribution in [0.2, 0.25) is 0 Å². The van der Waals surface area contributed by atoms with Gasteiger partial charge >= 0.3 is 6.09 Å². The van der Waals surface area contributed by atoms with Crippen molar-refractivity contribution < 1.29 is 14.6 Å². The normalized spacial score (nSPS) is 21.6. The number of aliphatic hydroxyl groups is 1. The summed E-state index contributed by atoms with van der Waals surface area (Å²) < 4.78 is 4.79. The van der Waals surface area contributed by atoms with Crippen molar-refractivity contribution in [3.8, 4) is 0 Å². The number of ether oxygens (including phenoxy) is 1. The van der Waals surface area contributed by atoms with Gasteiger partial charge in [-0.2, -0.15) is 0 Å². The lowest BCUT2D eigenvalue weighted by molar-refractivity contribution is -0.0239. The lowest BCUT2D eigenvalue weighted by atomic mass is 9.71.